The second-order valence-corrected chi connectivity index (χ2v) is 4.88. The Morgan fingerprint density at radius 1 is 1.59 bits per heavy atom. The molecule has 0 atom stereocenters. The molecule has 0 spiro atoms. The average molecular weight is 233 g/mol. The Bertz CT molecular complexity index is 427. The molecule has 92 valence electrons. The number of hydrogen-bond acceptors (Lipinski definition) is 3. The predicted octanol–water partition coefficient (Wildman–Crippen LogP) is 1.84. The maximum atomic E-state index is 12.2. The lowest BCUT2D eigenvalue weighted by Crippen LogP contribution is -2.34. The highest BCUT2D eigenvalue weighted by Gasteiger charge is 2.23. The van der Waals surface area contributed by atoms with Crippen molar-refractivity contribution in [2.75, 3.05) is 19.3 Å². The van der Waals surface area contributed by atoms with Crippen molar-refractivity contribution in [3.63, 3.8) is 0 Å². The molecule has 2 rings (SSSR count). The van der Waals surface area contributed by atoms with Gasteiger partial charge in [-0.05, 0) is 31.7 Å². The molecule has 1 heterocycles. The first-order valence-corrected chi connectivity index (χ1v) is 6.05. The van der Waals surface area contributed by atoms with E-state index in [2.05, 4.69) is 4.98 Å². The topological polar surface area (TPSA) is 59.2 Å². The highest BCUT2D eigenvalue weighted by Crippen LogP contribution is 2.27. The van der Waals surface area contributed by atoms with Gasteiger partial charge in [0.2, 0.25) is 0 Å². The molecule has 1 aliphatic carbocycles. The number of nitrogen functional groups attached to an aromatic ring is 1. The highest BCUT2D eigenvalue weighted by molar-refractivity contribution is 5.95. The number of anilines is 1. The maximum Gasteiger partial charge on any atom is 0.255 e. The number of carbonyl (C=O) groups is 1. The van der Waals surface area contributed by atoms with Gasteiger partial charge in [0.05, 0.1) is 23.1 Å². The zero-order valence-electron chi connectivity index (χ0n) is 10.4. The number of pyridine rings is 1. The number of aryl methyl sites for hydroxylation is 1. The molecule has 0 unspecified atom stereocenters. The van der Waals surface area contributed by atoms with Crippen molar-refractivity contribution >= 4 is 11.6 Å². The fraction of sp³-hybridized carbons (Fsp3) is 0.538. The van der Waals surface area contributed by atoms with Gasteiger partial charge in [-0.25, -0.2) is 0 Å². The van der Waals surface area contributed by atoms with Crippen molar-refractivity contribution in [1.29, 1.82) is 0 Å². The van der Waals surface area contributed by atoms with Crippen LogP contribution in [-0.4, -0.2) is 29.4 Å². The van der Waals surface area contributed by atoms with Crippen LogP contribution in [0.25, 0.3) is 0 Å². The third-order valence-corrected chi connectivity index (χ3v) is 3.44. The summed E-state index contributed by atoms with van der Waals surface area (Å²) in [6.45, 7) is 2.68. The molecule has 0 saturated heterocycles. The second-order valence-electron chi connectivity index (χ2n) is 4.88. The molecule has 1 saturated carbocycles. The number of rotatable bonds is 3. The zero-order chi connectivity index (χ0) is 12.4. The molecule has 17 heavy (non-hydrogen) atoms. The predicted molar refractivity (Wildman–Crippen MR) is 67.7 cm³/mol. The van der Waals surface area contributed by atoms with E-state index in [-0.39, 0.29) is 5.91 Å². The molecular weight excluding hydrogens is 214 g/mol. The maximum absolute atomic E-state index is 12.2. The number of nitrogens with two attached hydrogens (primary N) is 1. The fourth-order valence-electron chi connectivity index (χ4n) is 2.12. The van der Waals surface area contributed by atoms with Gasteiger partial charge in [0.25, 0.3) is 5.91 Å². The number of hydrogen-bond donors (Lipinski definition) is 1. The first kappa shape index (κ1) is 11.9. The smallest absolute Gasteiger partial charge is 0.255 e. The Balaban J connectivity index is 2.09. The number of nitrogens with zero attached hydrogens (tertiary/aromatic N) is 2. The number of amides is 1. The standard InChI is InChI=1S/C13H19N3O/c1-9-12(6-11(14)7-15-9)13(17)16(2)8-10-4-3-5-10/h6-7,10H,3-5,8,14H2,1-2H3. The lowest BCUT2D eigenvalue weighted by molar-refractivity contribution is 0.0744. The third-order valence-electron chi connectivity index (χ3n) is 3.44. The fourth-order valence-corrected chi connectivity index (χ4v) is 2.12. The van der Waals surface area contributed by atoms with Crippen LogP contribution in [0.4, 0.5) is 5.69 Å². The summed E-state index contributed by atoms with van der Waals surface area (Å²) in [6.07, 6.45) is 5.36. The second kappa shape index (κ2) is 4.73. The summed E-state index contributed by atoms with van der Waals surface area (Å²) in [4.78, 5) is 18.1. The van der Waals surface area contributed by atoms with E-state index in [0.717, 1.165) is 12.2 Å². The van der Waals surface area contributed by atoms with E-state index in [4.69, 9.17) is 5.73 Å². The molecule has 1 fully saturated rings. The minimum absolute atomic E-state index is 0.0224. The quantitative estimate of drug-likeness (QED) is 0.866. The van der Waals surface area contributed by atoms with E-state index in [1.54, 1.807) is 17.2 Å². The minimum atomic E-state index is 0.0224. The molecule has 1 amide bonds. The van der Waals surface area contributed by atoms with E-state index in [1.165, 1.54) is 19.3 Å². The van der Waals surface area contributed by atoms with Crippen LogP contribution < -0.4 is 5.73 Å². The third kappa shape index (κ3) is 2.57. The summed E-state index contributed by atoms with van der Waals surface area (Å²) in [5.41, 5.74) is 7.57. The summed E-state index contributed by atoms with van der Waals surface area (Å²) >= 11 is 0. The number of carbonyl (C=O) groups excluding carboxylic acids is 1. The monoisotopic (exact) mass is 233 g/mol. The highest BCUT2D eigenvalue weighted by atomic mass is 16.2. The van der Waals surface area contributed by atoms with Crippen molar-refractivity contribution in [2.24, 2.45) is 5.92 Å². The van der Waals surface area contributed by atoms with Crippen molar-refractivity contribution in [2.45, 2.75) is 26.2 Å². The summed E-state index contributed by atoms with van der Waals surface area (Å²) in [6, 6.07) is 1.71. The normalized spacial score (nSPS) is 15.4. The van der Waals surface area contributed by atoms with Crippen molar-refractivity contribution in [3.8, 4) is 0 Å². The van der Waals surface area contributed by atoms with Gasteiger partial charge in [0.15, 0.2) is 0 Å². The van der Waals surface area contributed by atoms with Crippen LogP contribution in [0.15, 0.2) is 12.3 Å². The van der Waals surface area contributed by atoms with E-state index >= 15 is 0 Å². The van der Waals surface area contributed by atoms with Gasteiger partial charge in [-0.3, -0.25) is 9.78 Å². The lowest BCUT2D eigenvalue weighted by Gasteiger charge is -2.30. The summed E-state index contributed by atoms with van der Waals surface area (Å²) in [7, 11) is 1.85. The summed E-state index contributed by atoms with van der Waals surface area (Å²) < 4.78 is 0. The molecule has 1 aliphatic rings. The molecular formula is C13H19N3O. The molecule has 0 aliphatic heterocycles. The molecule has 0 aromatic carbocycles. The van der Waals surface area contributed by atoms with E-state index < -0.39 is 0 Å². The summed E-state index contributed by atoms with van der Waals surface area (Å²) in [5.74, 6) is 0.701. The van der Waals surface area contributed by atoms with Crippen molar-refractivity contribution < 1.29 is 4.79 Å². The Labute approximate surface area is 102 Å². The largest absolute Gasteiger partial charge is 0.397 e. The van der Waals surface area contributed by atoms with Crippen LogP contribution in [0, 0.1) is 12.8 Å². The zero-order valence-corrected chi connectivity index (χ0v) is 10.4. The Hall–Kier alpha value is -1.58. The first-order valence-electron chi connectivity index (χ1n) is 6.05. The minimum Gasteiger partial charge on any atom is -0.397 e. The van der Waals surface area contributed by atoms with Crippen molar-refractivity contribution in [3.05, 3.63) is 23.5 Å². The summed E-state index contributed by atoms with van der Waals surface area (Å²) in [5, 5.41) is 0. The Morgan fingerprint density at radius 2 is 2.29 bits per heavy atom. The van der Waals surface area contributed by atoms with Gasteiger partial charge in [-0.2, -0.15) is 0 Å². The Morgan fingerprint density at radius 3 is 2.88 bits per heavy atom. The van der Waals surface area contributed by atoms with Crippen LogP contribution >= 0.6 is 0 Å². The van der Waals surface area contributed by atoms with Crippen LogP contribution in [0.5, 0.6) is 0 Å². The SMILES string of the molecule is Cc1ncc(N)cc1C(=O)N(C)CC1CCC1. The van der Waals surface area contributed by atoms with Gasteiger partial charge < -0.3 is 10.6 Å². The Kier molecular flexibility index (Phi) is 3.31. The van der Waals surface area contributed by atoms with Crippen LogP contribution in [-0.2, 0) is 0 Å². The van der Waals surface area contributed by atoms with E-state index in [0.29, 0.717) is 17.2 Å². The lowest BCUT2D eigenvalue weighted by atomic mass is 9.85. The molecule has 4 heteroatoms. The van der Waals surface area contributed by atoms with E-state index in [9.17, 15) is 4.79 Å². The van der Waals surface area contributed by atoms with Crippen LogP contribution in [0.2, 0.25) is 0 Å². The molecule has 0 bridgehead atoms. The molecule has 2 N–H and O–H groups in total. The molecule has 0 radical (unpaired) electrons. The van der Waals surface area contributed by atoms with Crippen LogP contribution in [0.3, 0.4) is 0 Å². The van der Waals surface area contributed by atoms with Crippen LogP contribution in [0.1, 0.15) is 35.3 Å². The van der Waals surface area contributed by atoms with Gasteiger partial charge in [-0.15, -0.1) is 0 Å². The van der Waals surface area contributed by atoms with E-state index in [1.807, 2.05) is 14.0 Å². The average Bonchev–Trinajstić information content (AvgIpc) is 2.25. The molecule has 4 nitrogen and oxygen atoms in total. The van der Waals surface area contributed by atoms with Gasteiger partial charge in [0, 0.05) is 13.6 Å². The van der Waals surface area contributed by atoms with Gasteiger partial charge >= 0.3 is 0 Å². The van der Waals surface area contributed by atoms with Gasteiger partial charge in [-0.1, -0.05) is 6.42 Å². The van der Waals surface area contributed by atoms with Crippen molar-refractivity contribution in [1.82, 2.24) is 9.88 Å². The molecule has 1 aromatic heterocycles. The molecule has 1 aromatic rings. The number of aromatic nitrogens is 1. The van der Waals surface area contributed by atoms with Gasteiger partial charge in [0.1, 0.15) is 0 Å². The first-order chi connectivity index (χ1) is 8.08.